The molecule has 1 heterocycles. The normalized spacial score (nSPS) is 14.3. The van der Waals surface area contributed by atoms with E-state index in [1.165, 1.54) is 24.3 Å². The predicted molar refractivity (Wildman–Crippen MR) is 121 cm³/mol. The minimum atomic E-state index is -0.363. The van der Waals surface area contributed by atoms with Gasteiger partial charge in [-0.25, -0.2) is 5.06 Å². The van der Waals surface area contributed by atoms with E-state index >= 15 is 0 Å². The lowest BCUT2D eigenvalue weighted by Crippen LogP contribution is -2.40. The summed E-state index contributed by atoms with van der Waals surface area (Å²) in [6, 6.07) is 1.98. The average molecular weight is 518 g/mol. The minimum absolute atomic E-state index is 0.00904. The van der Waals surface area contributed by atoms with Gasteiger partial charge in [0.05, 0.1) is 33.8 Å². The molecule has 0 unspecified atom stereocenters. The molecular weight excluding hydrogens is 495 g/mol. The summed E-state index contributed by atoms with van der Waals surface area (Å²) in [5.41, 5.74) is 0.611. The summed E-state index contributed by atoms with van der Waals surface area (Å²) in [7, 11) is 1.56. The number of phenols is 1. The molecule has 0 bridgehead atoms. The van der Waals surface area contributed by atoms with E-state index in [0.29, 0.717) is 11.3 Å². The van der Waals surface area contributed by atoms with Crippen molar-refractivity contribution in [1.29, 1.82) is 0 Å². The van der Waals surface area contributed by atoms with E-state index in [9.17, 15) is 9.90 Å². The fourth-order valence-corrected chi connectivity index (χ4v) is 4.40. The summed E-state index contributed by atoms with van der Waals surface area (Å²) < 4.78 is 5.41. The van der Waals surface area contributed by atoms with Crippen LogP contribution in [0.3, 0.4) is 0 Å². The highest BCUT2D eigenvalue weighted by Crippen LogP contribution is 2.47. The number of hydroxylamine groups is 2. The second kappa shape index (κ2) is 11.2. The maximum atomic E-state index is 12.5. The Bertz CT molecular complexity index is 804. The van der Waals surface area contributed by atoms with Crippen molar-refractivity contribution in [1.82, 2.24) is 5.06 Å². The molecule has 1 N–H and O–H groups in total. The number of rotatable bonds is 3. The Labute approximate surface area is 200 Å². The number of phenolic OH excluding ortho intramolecular Hbond substituents is 1. The highest BCUT2D eigenvalue weighted by Gasteiger charge is 2.28. The second-order valence-corrected chi connectivity index (χ2v) is 8.74. The molecule has 0 saturated heterocycles. The first-order valence-electron chi connectivity index (χ1n) is 9.25. The van der Waals surface area contributed by atoms with Crippen molar-refractivity contribution in [2.24, 2.45) is 0 Å². The molecule has 166 valence electrons. The summed E-state index contributed by atoms with van der Waals surface area (Å²) in [4.78, 5) is 17.8. The van der Waals surface area contributed by atoms with Crippen molar-refractivity contribution >= 4 is 63.9 Å². The Morgan fingerprint density at radius 2 is 1.50 bits per heavy atom. The van der Waals surface area contributed by atoms with Crippen LogP contribution in [-0.4, -0.2) is 29.2 Å². The molecule has 2 aromatic rings. The first-order valence-corrected chi connectivity index (χ1v) is 11.1. The van der Waals surface area contributed by atoms with Crippen molar-refractivity contribution in [2.75, 3.05) is 7.11 Å². The van der Waals surface area contributed by atoms with Gasteiger partial charge in [-0.05, 0) is 32.8 Å². The maximum Gasteiger partial charge on any atom is 0.281 e. The van der Waals surface area contributed by atoms with Crippen LogP contribution in [0.1, 0.15) is 54.0 Å². The Kier molecular flexibility index (Phi) is 9.47. The highest BCUT2D eigenvalue weighted by atomic mass is 35.5. The van der Waals surface area contributed by atoms with Crippen molar-refractivity contribution in [3.8, 4) is 5.75 Å². The van der Waals surface area contributed by atoms with Crippen LogP contribution in [0.5, 0.6) is 5.75 Å². The van der Waals surface area contributed by atoms with Gasteiger partial charge in [0.2, 0.25) is 0 Å². The summed E-state index contributed by atoms with van der Waals surface area (Å²) in [6.07, 6.45) is 5.64. The van der Waals surface area contributed by atoms with Gasteiger partial charge in [0.25, 0.3) is 5.91 Å². The van der Waals surface area contributed by atoms with E-state index < -0.39 is 0 Å². The molecule has 0 aliphatic heterocycles. The molecule has 1 aromatic heterocycles. The molecule has 0 radical (unpaired) electrons. The number of hydrogen-bond donors (Lipinski definition) is 1. The summed E-state index contributed by atoms with van der Waals surface area (Å²) in [6.45, 7) is 3.66. The van der Waals surface area contributed by atoms with Gasteiger partial charge in [-0.15, -0.1) is 0 Å². The molecule has 5 nitrogen and oxygen atoms in total. The summed E-state index contributed by atoms with van der Waals surface area (Å²) >= 11 is 27.9. The Hall–Kier alpha value is -0.820. The molecule has 1 aliphatic rings. The van der Waals surface area contributed by atoms with E-state index in [1.807, 2.05) is 13.8 Å². The zero-order chi connectivity index (χ0) is 22.6. The largest absolute Gasteiger partial charge is 0.505 e. The van der Waals surface area contributed by atoms with Crippen LogP contribution >= 0.6 is 58.0 Å². The molecule has 0 spiro atoms. The van der Waals surface area contributed by atoms with Crippen LogP contribution in [0, 0.1) is 13.8 Å². The van der Waals surface area contributed by atoms with Gasteiger partial charge in [-0.3, -0.25) is 9.63 Å². The van der Waals surface area contributed by atoms with E-state index in [1.54, 1.807) is 13.2 Å². The standard InChI is InChI=1S/C14H21NO3.C6HCl5O/c1-10-9-13(11(2)18-10)14(16)15(17-3)12-7-5-4-6-8-12;7-1-2(8)4(10)6(12)5(11)3(1)9/h9,12H,4-8H2,1-3H3;12H. The average Bonchev–Trinajstić information content (AvgIpc) is 3.09. The molecular formula is C20H22Cl5NO4. The lowest BCUT2D eigenvalue weighted by molar-refractivity contribution is -0.129. The third-order valence-corrected chi connectivity index (χ3v) is 7.02. The van der Waals surface area contributed by atoms with Crippen LogP contribution in [0.25, 0.3) is 0 Å². The molecule has 1 aliphatic carbocycles. The molecule has 1 aromatic carbocycles. The number of nitrogens with zero attached hydrogens (tertiary/aromatic N) is 1. The number of halogens is 5. The van der Waals surface area contributed by atoms with Gasteiger partial charge in [-0.1, -0.05) is 77.3 Å². The molecule has 1 saturated carbocycles. The third-order valence-electron chi connectivity index (χ3n) is 4.76. The van der Waals surface area contributed by atoms with Gasteiger partial charge in [0, 0.05) is 0 Å². The fourth-order valence-electron chi connectivity index (χ4n) is 3.27. The van der Waals surface area contributed by atoms with Crippen LogP contribution in [0.15, 0.2) is 10.5 Å². The third kappa shape index (κ3) is 5.70. The first-order chi connectivity index (χ1) is 14.1. The second-order valence-electron chi connectivity index (χ2n) is 6.85. The lowest BCUT2D eigenvalue weighted by atomic mass is 9.95. The van der Waals surface area contributed by atoms with E-state index in [2.05, 4.69) is 0 Å². The number of furan rings is 1. The quantitative estimate of drug-likeness (QED) is 0.255. The van der Waals surface area contributed by atoms with Crippen LogP contribution in [0.2, 0.25) is 25.1 Å². The Balaban J connectivity index is 0.000000232. The smallest absolute Gasteiger partial charge is 0.281 e. The molecule has 10 heteroatoms. The molecule has 3 rings (SSSR count). The van der Waals surface area contributed by atoms with Crippen molar-refractivity contribution in [3.05, 3.63) is 48.3 Å². The molecule has 0 atom stereocenters. The zero-order valence-electron chi connectivity index (χ0n) is 16.7. The topological polar surface area (TPSA) is 62.9 Å². The van der Waals surface area contributed by atoms with Crippen LogP contribution < -0.4 is 0 Å². The fraction of sp³-hybridized carbons (Fsp3) is 0.450. The van der Waals surface area contributed by atoms with Crippen LogP contribution in [-0.2, 0) is 4.84 Å². The van der Waals surface area contributed by atoms with Gasteiger partial charge in [0.15, 0.2) is 5.75 Å². The molecule has 30 heavy (non-hydrogen) atoms. The lowest BCUT2D eigenvalue weighted by Gasteiger charge is -2.31. The number of amides is 1. The number of aryl methyl sites for hydroxylation is 2. The Morgan fingerprint density at radius 3 is 1.93 bits per heavy atom. The van der Waals surface area contributed by atoms with E-state index in [0.717, 1.165) is 18.6 Å². The van der Waals surface area contributed by atoms with Gasteiger partial charge < -0.3 is 9.52 Å². The zero-order valence-corrected chi connectivity index (χ0v) is 20.5. The van der Waals surface area contributed by atoms with Crippen molar-refractivity contribution in [2.45, 2.75) is 52.0 Å². The Morgan fingerprint density at radius 1 is 1.00 bits per heavy atom. The number of hydrogen-bond acceptors (Lipinski definition) is 4. The number of benzene rings is 1. The molecule has 1 amide bonds. The highest BCUT2D eigenvalue weighted by molar-refractivity contribution is 6.55. The first kappa shape index (κ1) is 25.4. The van der Waals surface area contributed by atoms with Crippen LogP contribution in [0.4, 0.5) is 0 Å². The van der Waals surface area contributed by atoms with E-state index in [-0.39, 0.29) is 42.8 Å². The number of carbonyl (C=O) groups is 1. The monoisotopic (exact) mass is 515 g/mol. The maximum absolute atomic E-state index is 12.5. The summed E-state index contributed by atoms with van der Waals surface area (Å²) in [5, 5.41) is 10.5. The molecule has 1 fully saturated rings. The van der Waals surface area contributed by atoms with Gasteiger partial charge in [-0.2, -0.15) is 0 Å². The van der Waals surface area contributed by atoms with Crippen molar-refractivity contribution < 1.29 is 19.2 Å². The van der Waals surface area contributed by atoms with E-state index in [4.69, 9.17) is 67.3 Å². The predicted octanol–water partition coefficient (Wildman–Crippen LogP) is 7.89. The minimum Gasteiger partial charge on any atom is -0.505 e. The summed E-state index contributed by atoms with van der Waals surface area (Å²) in [5.74, 6) is 0.974. The SMILES string of the molecule is CON(C(=O)c1cc(C)oc1C)C1CCCCC1.Oc1c(Cl)c(Cl)c(Cl)c(Cl)c1Cl. The number of carbonyl (C=O) groups excluding carboxylic acids is 1. The van der Waals surface area contributed by atoms with Gasteiger partial charge >= 0.3 is 0 Å². The van der Waals surface area contributed by atoms with Gasteiger partial charge in [0.1, 0.15) is 21.6 Å². The van der Waals surface area contributed by atoms with Crippen molar-refractivity contribution in [3.63, 3.8) is 0 Å². The number of aromatic hydroxyl groups is 1.